The van der Waals surface area contributed by atoms with Crippen LogP contribution in [0.2, 0.25) is 15.1 Å². The van der Waals surface area contributed by atoms with E-state index in [9.17, 15) is 0 Å². The average molecular weight is 522 g/mol. The zero-order chi connectivity index (χ0) is 22.8. The molecule has 1 nitrogen and oxygen atoms in total. The molecule has 0 heterocycles. The number of halogens is 4. The summed E-state index contributed by atoms with van der Waals surface area (Å²) in [6.45, 7) is 0. The first-order chi connectivity index (χ1) is 15.4. The van der Waals surface area contributed by atoms with Crippen LogP contribution in [0.3, 0.4) is 0 Å². The van der Waals surface area contributed by atoms with Crippen molar-refractivity contribution in [3.8, 4) is 5.75 Å². The third-order valence-electron chi connectivity index (χ3n) is 5.78. The monoisotopic (exact) mass is 520 g/mol. The van der Waals surface area contributed by atoms with Crippen molar-refractivity contribution < 1.29 is 4.74 Å². The van der Waals surface area contributed by atoms with Gasteiger partial charge in [0.1, 0.15) is 0 Å². The second kappa shape index (κ2) is 9.26. The van der Waals surface area contributed by atoms with Gasteiger partial charge >= 0.3 is 209 Å². The normalized spacial score (nSPS) is 12.7. The molecule has 4 aromatic rings. The molecular formula is C26H21Cl4OP. The second-order valence-electron chi connectivity index (χ2n) is 7.51. The van der Waals surface area contributed by atoms with Crippen LogP contribution in [0.15, 0.2) is 97.1 Å². The SMILES string of the molecule is COc1cc(Cl)c(CP(Cl)(c2ccccc2)(c2ccccc2)c2ccccc2)c(Cl)c1Cl. The van der Waals surface area contributed by atoms with Gasteiger partial charge in [0.05, 0.1) is 0 Å². The van der Waals surface area contributed by atoms with Gasteiger partial charge in [-0.1, -0.05) is 0 Å². The Bertz CT molecular complexity index is 1130. The Labute approximate surface area is 208 Å². The van der Waals surface area contributed by atoms with Crippen molar-refractivity contribution in [3.05, 3.63) is 118 Å². The zero-order valence-corrected chi connectivity index (χ0v) is 21.2. The molecule has 0 aliphatic rings. The summed E-state index contributed by atoms with van der Waals surface area (Å²) >= 11 is 28.2. The molecule has 0 fully saturated rings. The Morgan fingerprint density at radius 3 is 1.44 bits per heavy atom. The number of ether oxygens (including phenoxy) is 1. The van der Waals surface area contributed by atoms with Crippen LogP contribution in [0.4, 0.5) is 0 Å². The standard InChI is InChI=1S/C26H21Cl4OP/c1-31-24-17-23(27)22(25(28)26(24)29)18-32(30,19-11-5-2-6-12-19,20-13-7-3-8-14-20)21-15-9-4-10-16-21/h2-17H,18H2,1H3. The van der Waals surface area contributed by atoms with Crippen LogP contribution in [0.25, 0.3) is 0 Å². The fraction of sp³-hybridized carbons (Fsp3) is 0.0769. The molecule has 0 radical (unpaired) electrons. The molecule has 0 unspecified atom stereocenters. The molecule has 0 aliphatic carbocycles. The summed E-state index contributed by atoms with van der Waals surface area (Å²) in [4.78, 5) is 0. The van der Waals surface area contributed by atoms with Crippen LogP contribution in [-0.4, -0.2) is 7.11 Å². The molecule has 0 atom stereocenters. The Morgan fingerprint density at radius 1 is 0.656 bits per heavy atom. The molecule has 6 heteroatoms. The van der Waals surface area contributed by atoms with Crippen molar-refractivity contribution in [2.24, 2.45) is 0 Å². The van der Waals surface area contributed by atoms with Gasteiger partial charge in [-0.15, -0.1) is 0 Å². The molecule has 32 heavy (non-hydrogen) atoms. The molecule has 0 amide bonds. The number of rotatable bonds is 6. The Balaban J connectivity index is 2.12. The maximum absolute atomic E-state index is 8.12. The van der Waals surface area contributed by atoms with Crippen LogP contribution in [0.1, 0.15) is 5.56 Å². The maximum atomic E-state index is 8.12. The van der Waals surface area contributed by atoms with Crippen molar-refractivity contribution in [1.29, 1.82) is 0 Å². The molecule has 0 bridgehead atoms. The fourth-order valence-corrected chi connectivity index (χ4v) is 11.3. The summed E-state index contributed by atoms with van der Waals surface area (Å²) in [7, 11) is 1.53. The molecule has 4 aromatic carbocycles. The minimum absolute atomic E-state index is 0.324. The van der Waals surface area contributed by atoms with Crippen molar-refractivity contribution in [2.75, 3.05) is 7.11 Å². The molecular weight excluding hydrogens is 501 g/mol. The van der Waals surface area contributed by atoms with Crippen LogP contribution < -0.4 is 20.7 Å². The van der Waals surface area contributed by atoms with Gasteiger partial charge in [-0.25, -0.2) is 0 Å². The first-order valence-electron chi connectivity index (χ1n) is 10.00. The summed E-state index contributed by atoms with van der Waals surface area (Å²) in [6.07, 6.45) is 0.395. The Morgan fingerprint density at radius 2 is 1.06 bits per heavy atom. The predicted molar refractivity (Wildman–Crippen MR) is 143 cm³/mol. The molecule has 0 saturated carbocycles. The first-order valence-corrected chi connectivity index (χ1v) is 14.5. The second-order valence-corrected chi connectivity index (χ2v) is 15.1. The molecule has 4 rings (SSSR count). The van der Waals surface area contributed by atoms with Gasteiger partial charge < -0.3 is 0 Å². The number of methoxy groups -OCH3 is 1. The van der Waals surface area contributed by atoms with E-state index in [1.165, 1.54) is 7.11 Å². The quantitative estimate of drug-likeness (QED) is 0.185. The predicted octanol–water partition coefficient (Wildman–Crippen LogP) is 7.84. The fourth-order valence-electron chi connectivity index (χ4n) is 4.14. The third kappa shape index (κ3) is 3.81. The van der Waals surface area contributed by atoms with E-state index in [0.29, 0.717) is 32.5 Å². The number of hydrogen-bond acceptors (Lipinski definition) is 1. The van der Waals surface area contributed by atoms with Gasteiger partial charge in [-0.2, -0.15) is 0 Å². The summed E-state index contributed by atoms with van der Waals surface area (Å²) < 4.78 is 5.35. The van der Waals surface area contributed by atoms with Gasteiger partial charge in [0.2, 0.25) is 0 Å². The van der Waals surface area contributed by atoms with Gasteiger partial charge in [0.15, 0.2) is 0 Å². The zero-order valence-electron chi connectivity index (χ0n) is 17.3. The topological polar surface area (TPSA) is 9.23 Å². The molecule has 0 aliphatic heterocycles. The minimum atomic E-state index is -3.60. The average Bonchev–Trinajstić information content (AvgIpc) is 2.85. The number of benzene rings is 4. The van der Waals surface area contributed by atoms with Crippen LogP contribution in [0, 0.1) is 0 Å². The Hall–Kier alpha value is -1.73. The van der Waals surface area contributed by atoms with E-state index in [4.69, 9.17) is 50.8 Å². The van der Waals surface area contributed by atoms with E-state index >= 15 is 0 Å². The molecule has 0 aromatic heterocycles. The van der Waals surface area contributed by atoms with E-state index < -0.39 is 5.96 Å². The van der Waals surface area contributed by atoms with Gasteiger partial charge in [-0.05, 0) is 0 Å². The van der Waals surface area contributed by atoms with Crippen LogP contribution >= 0.6 is 52.0 Å². The van der Waals surface area contributed by atoms with Crippen molar-refractivity contribution in [2.45, 2.75) is 6.16 Å². The van der Waals surface area contributed by atoms with E-state index in [-0.39, 0.29) is 0 Å². The Kier molecular flexibility index (Phi) is 6.78. The molecule has 0 saturated heterocycles. The van der Waals surface area contributed by atoms with E-state index in [2.05, 4.69) is 36.4 Å². The molecule has 0 N–H and O–H groups in total. The summed E-state index contributed by atoms with van der Waals surface area (Å²) in [5, 5.41) is 4.22. The van der Waals surface area contributed by atoms with Gasteiger partial charge in [-0.3, -0.25) is 0 Å². The first kappa shape index (κ1) is 23.4. The third-order valence-corrected chi connectivity index (χ3v) is 14.2. The van der Waals surface area contributed by atoms with Gasteiger partial charge in [0.25, 0.3) is 0 Å². The van der Waals surface area contributed by atoms with Gasteiger partial charge in [0, 0.05) is 0 Å². The van der Waals surface area contributed by atoms with E-state index in [0.717, 1.165) is 15.9 Å². The molecule has 0 spiro atoms. The summed E-state index contributed by atoms with van der Waals surface area (Å²) in [6, 6.07) is 32.2. The summed E-state index contributed by atoms with van der Waals surface area (Å²) in [5.41, 5.74) is 0.698. The van der Waals surface area contributed by atoms with Crippen molar-refractivity contribution in [3.63, 3.8) is 0 Å². The summed E-state index contributed by atoms with van der Waals surface area (Å²) in [5.74, 6) is -3.17. The number of hydrogen-bond donors (Lipinski definition) is 0. The van der Waals surface area contributed by atoms with Crippen molar-refractivity contribution >= 4 is 67.9 Å². The van der Waals surface area contributed by atoms with Crippen LogP contribution in [-0.2, 0) is 6.16 Å². The van der Waals surface area contributed by atoms with Crippen LogP contribution in [0.5, 0.6) is 5.75 Å². The molecule has 164 valence electrons. The van der Waals surface area contributed by atoms with E-state index in [1.54, 1.807) is 6.07 Å². The van der Waals surface area contributed by atoms with Crippen molar-refractivity contribution in [1.82, 2.24) is 0 Å². The van der Waals surface area contributed by atoms with E-state index in [1.807, 2.05) is 54.6 Å².